The van der Waals surface area contributed by atoms with Crippen molar-refractivity contribution in [1.29, 1.82) is 0 Å². The van der Waals surface area contributed by atoms with E-state index in [0.29, 0.717) is 13.2 Å². The average Bonchev–Trinajstić information content (AvgIpc) is 2.57. The van der Waals surface area contributed by atoms with Crippen molar-refractivity contribution < 1.29 is 4.74 Å². The van der Waals surface area contributed by atoms with Crippen LogP contribution in [0.3, 0.4) is 0 Å². The minimum atomic E-state index is 0.195. The molecule has 0 aliphatic carbocycles. The van der Waals surface area contributed by atoms with Gasteiger partial charge in [-0.3, -0.25) is 4.90 Å². The van der Waals surface area contributed by atoms with Gasteiger partial charge in [0.25, 0.3) is 0 Å². The Morgan fingerprint density at radius 2 is 1.62 bits per heavy atom. The highest BCUT2D eigenvalue weighted by Gasteiger charge is 2.15. The molecule has 2 aromatic carbocycles. The summed E-state index contributed by atoms with van der Waals surface area (Å²) in [4.78, 5) is 4.40. The number of benzene rings is 2. The molecule has 0 spiro atoms. The number of ether oxygens (including phenoxy) is 1. The van der Waals surface area contributed by atoms with Crippen molar-refractivity contribution in [1.82, 2.24) is 9.80 Å². The zero-order valence-electron chi connectivity index (χ0n) is 15.0. The summed E-state index contributed by atoms with van der Waals surface area (Å²) in [5, 5.41) is 0. The first-order valence-corrected chi connectivity index (χ1v) is 8.42. The lowest BCUT2D eigenvalue weighted by atomic mass is 10.0. The monoisotopic (exact) mass is 327 g/mol. The number of nitrogens with zero attached hydrogens (tertiary/aromatic N) is 2. The third kappa shape index (κ3) is 5.64. The number of rotatable bonds is 9. The van der Waals surface area contributed by atoms with Crippen LogP contribution in [0, 0.1) is 0 Å². The topological polar surface area (TPSA) is 41.7 Å². The molecule has 2 N–H and O–H groups in total. The first-order chi connectivity index (χ1) is 11.6. The van der Waals surface area contributed by atoms with Gasteiger partial charge in [-0.1, -0.05) is 42.5 Å². The predicted octanol–water partition coefficient (Wildman–Crippen LogP) is 2.76. The van der Waals surface area contributed by atoms with Gasteiger partial charge in [0.05, 0.1) is 0 Å². The van der Waals surface area contributed by atoms with E-state index in [1.807, 2.05) is 32.3 Å². The van der Waals surface area contributed by atoms with Crippen LogP contribution in [0.15, 0.2) is 54.6 Å². The molecule has 0 bridgehead atoms. The van der Waals surface area contributed by atoms with Crippen LogP contribution in [-0.2, 0) is 6.54 Å². The van der Waals surface area contributed by atoms with Crippen LogP contribution in [0.25, 0.3) is 0 Å². The number of hydrogen-bond acceptors (Lipinski definition) is 4. The molecule has 0 aliphatic heterocycles. The molecule has 0 radical (unpaired) electrons. The molecule has 0 aromatic heterocycles. The Balaban J connectivity index is 1.96. The summed E-state index contributed by atoms with van der Waals surface area (Å²) in [6, 6.07) is 19.0. The van der Waals surface area contributed by atoms with Gasteiger partial charge in [-0.2, -0.15) is 0 Å². The summed E-state index contributed by atoms with van der Waals surface area (Å²) in [5.74, 6) is 0.905. The fourth-order valence-electron chi connectivity index (χ4n) is 2.68. The highest BCUT2D eigenvalue weighted by Crippen LogP contribution is 2.23. The molecule has 0 heterocycles. The second-order valence-corrected chi connectivity index (χ2v) is 6.37. The fraction of sp³-hybridized carbons (Fsp3) is 0.400. The Bertz CT molecular complexity index is 584. The molecular weight excluding hydrogens is 298 g/mol. The zero-order valence-corrected chi connectivity index (χ0v) is 15.0. The van der Waals surface area contributed by atoms with E-state index in [9.17, 15) is 0 Å². The maximum absolute atomic E-state index is 6.03. The highest BCUT2D eigenvalue weighted by molar-refractivity contribution is 5.29. The Kier molecular flexibility index (Phi) is 7.25. The van der Waals surface area contributed by atoms with E-state index in [1.165, 1.54) is 11.1 Å². The summed E-state index contributed by atoms with van der Waals surface area (Å²) < 4.78 is 5.75. The van der Waals surface area contributed by atoms with E-state index in [4.69, 9.17) is 10.5 Å². The normalized spacial score (nSPS) is 12.6. The van der Waals surface area contributed by atoms with Gasteiger partial charge < -0.3 is 15.4 Å². The molecule has 1 atom stereocenters. The quantitative estimate of drug-likeness (QED) is 0.769. The van der Waals surface area contributed by atoms with Crippen molar-refractivity contribution in [2.45, 2.75) is 12.6 Å². The molecule has 2 rings (SSSR count). The molecule has 24 heavy (non-hydrogen) atoms. The maximum atomic E-state index is 6.03. The second-order valence-electron chi connectivity index (χ2n) is 6.37. The van der Waals surface area contributed by atoms with Crippen LogP contribution in [0.2, 0.25) is 0 Å². The van der Waals surface area contributed by atoms with Gasteiger partial charge >= 0.3 is 0 Å². The molecule has 2 aromatic rings. The molecule has 0 amide bonds. The van der Waals surface area contributed by atoms with E-state index in [-0.39, 0.29) is 6.04 Å². The van der Waals surface area contributed by atoms with Gasteiger partial charge in [-0.25, -0.2) is 0 Å². The van der Waals surface area contributed by atoms with Crippen molar-refractivity contribution in [3.8, 4) is 5.75 Å². The Hall–Kier alpha value is -1.88. The van der Waals surface area contributed by atoms with E-state index in [0.717, 1.165) is 18.8 Å². The summed E-state index contributed by atoms with van der Waals surface area (Å²) in [6.07, 6.45) is 0. The summed E-state index contributed by atoms with van der Waals surface area (Å²) >= 11 is 0. The van der Waals surface area contributed by atoms with Crippen LogP contribution in [0.5, 0.6) is 5.75 Å². The van der Waals surface area contributed by atoms with Crippen LogP contribution >= 0.6 is 0 Å². The lowest BCUT2D eigenvalue weighted by molar-refractivity contribution is 0.241. The van der Waals surface area contributed by atoms with Crippen molar-refractivity contribution in [2.75, 3.05) is 40.8 Å². The Labute approximate surface area is 145 Å². The molecule has 4 heteroatoms. The van der Waals surface area contributed by atoms with Gasteiger partial charge in [-0.05, 0) is 44.4 Å². The van der Waals surface area contributed by atoms with Crippen molar-refractivity contribution >= 4 is 0 Å². The van der Waals surface area contributed by atoms with Crippen molar-refractivity contribution in [3.05, 3.63) is 65.7 Å². The molecule has 1 unspecified atom stereocenters. The third-order valence-electron chi connectivity index (χ3n) is 4.10. The molecule has 4 nitrogen and oxygen atoms in total. The Morgan fingerprint density at radius 1 is 0.958 bits per heavy atom. The molecule has 0 saturated carbocycles. The van der Waals surface area contributed by atoms with Crippen LogP contribution in [0.1, 0.15) is 17.2 Å². The third-order valence-corrected chi connectivity index (χ3v) is 4.10. The lowest BCUT2D eigenvalue weighted by Gasteiger charge is -2.27. The van der Waals surface area contributed by atoms with Crippen molar-refractivity contribution in [3.63, 3.8) is 0 Å². The summed E-state index contributed by atoms with van der Waals surface area (Å²) in [5.41, 5.74) is 8.54. The SMILES string of the molecule is CN(C)CCOc1ccc(C(CN)N(C)Cc2ccccc2)cc1. The predicted molar refractivity (Wildman–Crippen MR) is 100 cm³/mol. The highest BCUT2D eigenvalue weighted by atomic mass is 16.5. The number of nitrogens with two attached hydrogens (primary N) is 1. The first kappa shape index (κ1) is 18.5. The van der Waals surface area contributed by atoms with Gasteiger partial charge in [0.2, 0.25) is 0 Å². The van der Waals surface area contributed by atoms with Gasteiger partial charge in [-0.15, -0.1) is 0 Å². The fourth-order valence-corrected chi connectivity index (χ4v) is 2.68. The summed E-state index contributed by atoms with van der Waals surface area (Å²) in [6.45, 7) is 3.07. The second kappa shape index (κ2) is 9.42. The van der Waals surface area contributed by atoms with Gasteiger partial charge in [0, 0.05) is 25.7 Å². The number of likely N-dealkylation sites (N-methyl/N-ethyl adjacent to an activating group) is 2. The average molecular weight is 327 g/mol. The van der Waals surface area contributed by atoms with E-state index >= 15 is 0 Å². The summed E-state index contributed by atoms with van der Waals surface area (Å²) in [7, 11) is 6.20. The van der Waals surface area contributed by atoms with Crippen molar-refractivity contribution in [2.24, 2.45) is 5.73 Å². The molecular formula is C20H29N3O. The molecule has 0 aliphatic rings. The van der Waals surface area contributed by atoms with Gasteiger partial charge in [0.15, 0.2) is 0 Å². The molecule has 130 valence electrons. The largest absolute Gasteiger partial charge is 0.492 e. The van der Waals surface area contributed by atoms with Crippen LogP contribution in [-0.4, -0.2) is 50.6 Å². The first-order valence-electron chi connectivity index (χ1n) is 8.42. The zero-order chi connectivity index (χ0) is 17.4. The van der Waals surface area contributed by atoms with Crippen LogP contribution in [0.4, 0.5) is 0 Å². The maximum Gasteiger partial charge on any atom is 0.119 e. The minimum Gasteiger partial charge on any atom is -0.492 e. The van der Waals surface area contributed by atoms with E-state index in [2.05, 4.69) is 53.2 Å². The molecule has 0 fully saturated rings. The Morgan fingerprint density at radius 3 is 2.21 bits per heavy atom. The molecule has 0 saturated heterocycles. The number of hydrogen-bond donors (Lipinski definition) is 1. The smallest absolute Gasteiger partial charge is 0.119 e. The lowest BCUT2D eigenvalue weighted by Crippen LogP contribution is -2.30. The minimum absolute atomic E-state index is 0.195. The van der Waals surface area contributed by atoms with Gasteiger partial charge in [0.1, 0.15) is 12.4 Å². The van der Waals surface area contributed by atoms with E-state index in [1.54, 1.807) is 0 Å². The van der Waals surface area contributed by atoms with Crippen LogP contribution < -0.4 is 10.5 Å². The van der Waals surface area contributed by atoms with E-state index < -0.39 is 0 Å². The standard InChI is InChI=1S/C20H29N3O/c1-22(2)13-14-24-19-11-9-18(10-12-19)20(15-21)23(3)16-17-7-5-4-6-8-17/h4-12,20H,13-16,21H2,1-3H3.